The molecule has 0 unspecified atom stereocenters. The van der Waals surface area contributed by atoms with Crippen LogP contribution in [0.2, 0.25) is 0 Å². The molecule has 0 N–H and O–H groups in total. The lowest BCUT2D eigenvalue weighted by Gasteiger charge is -2.01. The highest BCUT2D eigenvalue weighted by molar-refractivity contribution is 5.74. The van der Waals surface area contributed by atoms with E-state index in [1.54, 1.807) is 6.33 Å². The lowest BCUT2D eigenvalue weighted by molar-refractivity contribution is -0.128. The Morgan fingerprint density at radius 1 is 1.43 bits per heavy atom. The van der Waals surface area contributed by atoms with Crippen molar-refractivity contribution in [3.05, 3.63) is 30.6 Å². The maximum Gasteiger partial charge on any atom is 0.293 e. The van der Waals surface area contributed by atoms with Gasteiger partial charge in [0.15, 0.2) is 0 Å². The Kier molecular flexibility index (Phi) is 2.44. The second kappa shape index (κ2) is 3.91. The summed E-state index contributed by atoms with van der Waals surface area (Å²) in [5.74, 6) is 0. The molecule has 2 aromatic rings. The summed E-state index contributed by atoms with van der Waals surface area (Å²) in [5, 5.41) is 0. The highest BCUT2D eigenvalue weighted by Crippen LogP contribution is 2.10. The molecule has 0 aliphatic heterocycles. The van der Waals surface area contributed by atoms with E-state index in [2.05, 4.69) is 9.72 Å². The van der Waals surface area contributed by atoms with Crippen LogP contribution in [-0.4, -0.2) is 22.6 Å². The lowest BCUT2D eigenvalue weighted by atomic mass is 10.3. The second-order valence-corrected chi connectivity index (χ2v) is 2.89. The van der Waals surface area contributed by atoms with Crippen LogP contribution in [0.4, 0.5) is 0 Å². The Morgan fingerprint density at radius 2 is 2.29 bits per heavy atom. The van der Waals surface area contributed by atoms with Crippen molar-refractivity contribution in [2.45, 2.75) is 6.54 Å². The largest absolute Gasteiger partial charge is 0.466 e. The smallest absolute Gasteiger partial charge is 0.293 e. The third-order valence-electron chi connectivity index (χ3n) is 2.05. The quantitative estimate of drug-likeness (QED) is 0.537. The zero-order valence-electron chi connectivity index (χ0n) is 7.59. The molecule has 4 heteroatoms. The average molecular weight is 190 g/mol. The van der Waals surface area contributed by atoms with Gasteiger partial charge in [-0.3, -0.25) is 4.79 Å². The van der Waals surface area contributed by atoms with Gasteiger partial charge in [0, 0.05) is 0 Å². The molecule has 0 bridgehead atoms. The number of aromatic nitrogens is 2. The van der Waals surface area contributed by atoms with Crippen molar-refractivity contribution in [2.75, 3.05) is 6.61 Å². The molecule has 0 amide bonds. The third kappa shape index (κ3) is 1.59. The first-order valence-corrected chi connectivity index (χ1v) is 4.37. The SMILES string of the molecule is O=COCCn1cnc2ccccc21. The number of benzene rings is 1. The van der Waals surface area contributed by atoms with Gasteiger partial charge in [-0.25, -0.2) is 4.98 Å². The number of nitrogens with zero attached hydrogens (tertiary/aromatic N) is 2. The fraction of sp³-hybridized carbons (Fsp3) is 0.200. The second-order valence-electron chi connectivity index (χ2n) is 2.89. The van der Waals surface area contributed by atoms with Gasteiger partial charge in [-0.1, -0.05) is 12.1 Å². The number of imidazole rings is 1. The maximum atomic E-state index is 9.95. The number of fused-ring (bicyclic) bond motifs is 1. The Hall–Kier alpha value is -1.84. The van der Waals surface area contributed by atoms with Crippen molar-refractivity contribution < 1.29 is 9.53 Å². The molecule has 0 spiro atoms. The number of rotatable bonds is 4. The summed E-state index contributed by atoms with van der Waals surface area (Å²) in [5.41, 5.74) is 2.01. The first-order chi connectivity index (χ1) is 6.92. The maximum absolute atomic E-state index is 9.95. The minimum Gasteiger partial charge on any atom is -0.466 e. The summed E-state index contributed by atoms with van der Waals surface area (Å²) in [6.45, 7) is 1.47. The van der Waals surface area contributed by atoms with Crippen LogP contribution in [0.3, 0.4) is 0 Å². The van der Waals surface area contributed by atoms with E-state index in [0.29, 0.717) is 19.6 Å². The van der Waals surface area contributed by atoms with Crippen LogP contribution in [0.1, 0.15) is 0 Å². The van der Waals surface area contributed by atoms with Crippen LogP contribution < -0.4 is 0 Å². The molecule has 14 heavy (non-hydrogen) atoms. The highest BCUT2D eigenvalue weighted by atomic mass is 16.5. The summed E-state index contributed by atoms with van der Waals surface area (Å²) in [6.07, 6.45) is 1.75. The monoisotopic (exact) mass is 190 g/mol. The zero-order valence-corrected chi connectivity index (χ0v) is 7.59. The van der Waals surface area contributed by atoms with Gasteiger partial charge in [0.2, 0.25) is 0 Å². The zero-order chi connectivity index (χ0) is 9.80. The number of hydrogen-bond donors (Lipinski definition) is 0. The van der Waals surface area contributed by atoms with E-state index in [-0.39, 0.29) is 0 Å². The van der Waals surface area contributed by atoms with E-state index in [1.807, 2.05) is 28.8 Å². The van der Waals surface area contributed by atoms with Crippen molar-refractivity contribution in [1.29, 1.82) is 0 Å². The van der Waals surface area contributed by atoms with Gasteiger partial charge in [0.05, 0.1) is 23.9 Å². The Morgan fingerprint density at radius 3 is 3.14 bits per heavy atom. The van der Waals surface area contributed by atoms with Gasteiger partial charge < -0.3 is 9.30 Å². The van der Waals surface area contributed by atoms with Crippen LogP contribution in [-0.2, 0) is 16.1 Å². The molecule has 0 fully saturated rings. The van der Waals surface area contributed by atoms with E-state index < -0.39 is 0 Å². The summed E-state index contributed by atoms with van der Waals surface area (Å²) in [4.78, 5) is 14.2. The standard InChI is InChI=1S/C10H10N2O2/c13-8-14-6-5-12-7-11-9-3-1-2-4-10(9)12/h1-4,7-8H,5-6H2. The molecular weight excluding hydrogens is 180 g/mol. The molecule has 1 heterocycles. The fourth-order valence-electron chi connectivity index (χ4n) is 1.39. The van der Waals surface area contributed by atoms with Crippen LogP contribution in [0.15, 0.2) is 30.6 Å². The summed E-state index contributed by atoms with van der Waals surface area (Å²) in [7, 11) is 0. The third-order valence-corrected chi connectivity index (χ3v) is 2.05. The van der Waals surface area contributed by atoms with E-state index in [9.17, 15) is 4.79 Å². The normalized spacial score (nSPS) is 10.3. The molecule has 1 aromatic heterocycles. The van der Waals surface area contributed by atoms with Gasteiger partial charge in [-0.05, 0) is 12.1 Å². The predicted octanol–water partition coefficient (Wildman–Crippen LogP) is 1.21. The van der Waals surface area contributed by atoms with Crippen LogP contribution in [0.25, 0.3) is 11.0 Å². The summed E-state index contributed by atoms with van der Waals surface area (Å²) < 4.78 is 6.58. The molecule has 72 valence electrons. The Bertz CT molecular complexity index is 436. The predicted molar refractivity (Wildman–Crippen MR) is 51.7 cm³/mol. The van der Waals surface area contributed by atoms with Gasteiger partial charge in [0.1, 0.15) is 6.61 Å². The van der Waals surface area contributed by atoms with Crippen molar-refractivity contribution in [1.82, 2.24) is 9.55 Å². The van der Waals surface area contributed by atoms with E-state index in [0.717, 1.165) is 11.0 Å². The van der Waals surface area contributed by atoms with Gasteiger partial charge in [0.25, 0.3) is 6.47 Å². The summed E-state index contributed by atoms with van der Waals surface area (Å²) >= 11 is 0. The van der Waals surface area contributed by atoms with E-state index >= 15 is 0 Å². The number of carbonyl (C=O) groups is 1. The molecular formula is C10H10N2O2. The molecule has 0 saturated carbocycles. The van der Waals surface area contributed by atoms with E-state index in [1.165, 1.54) is 0 Å². The van der Waals surface area contributed by atoms with Gasteiger partial charge in [-0.2, -0.15) is 0 Å². The number of ether oxygens (including phenoxy) is 1. The average Bonchev–Trinajstić information content (AvgIpc) is 2.63. The number of carbonyl (C=O) groups excluding carboxylic acids is 1. The Balaban J connectivity index is 2.20. The van der Waals surface area contributed by atoms with Gasteiger partial charge >= 0.3 is 0 Å². The van der Waals surface area contributed by atoms with Crippen molar-refractivity contribution in [2.24, 2.45) is 0 Å². The van der Waals surface area contributed by atoms with E-state index in [4.69, 9.17) is 0 Å². The Labute approximate surface area is 81.1 Å². The van der Waals surface area contributed by atoms with Crippen LogP contribution >= 0.6 is 0 Å². The number of hydrogen-bond acceptors (Lipinski definition) is 3. The van der Waals surface area contributed by atoms with Crippen LogP contribution in [0, 0.1) is 0 Å². The number of para-hydroxylation sites is 2. The fourth-order valence-corrected chi connectivity index (χ4v) is 1.39. The molecule has 0 aliphatic carbocycles. The first kappa shape index (κ1) is 8.74. The highest BCUT2D eigenvalue weighted by Gasteiger charge is 1.99. The minimum atomic E-state index is 0.379. The molecule has 2 rings (SSSR count). The molecule has 0 radical (unpaired) electrons. The molecule has 0 saturated heterocycles. The first-order valence-electron chi connectivity index (χ1n) is 4.37. The topological polar surface area (TPSA) is 44.1 Å². The summed E-state index contributed by atoms with van der Waals surface area (Å²) in [6, 6.07) is 7.85. The van der Waals surface area contributed by atoms with Gasteiger partial charge in [-0.15, -0.1) is 0 Å². The molecule has 4 nitrogen and oxygen atoms in total. The lowest BCUT2D eigenvalue weighted by Crippen LogP contribution is -2.03. The van der Waals surface area contributed by atoms with Crippen molar-refractivity contribution >= 4 is 17.5 Å². The molecule has 1 aromatic carbocycles. The molecule has 0 atom stereocenters. The van der Waals surface area contributed by atoms with Crippen molar-refractivity contribution in [3.63, 3.8) is 0 Å². The minimum absolute atomic E-state index is 0.379. The molecule has 0 aliphatic rings. The van der Waals surface area contributed by atoms with Crippen molar-refractivity contribution in [3.8, 4) is 0 Å². The van der Waals surface area contributed by atoms with Crippen LogP contribution in [0.5, 0.6) is 0 Å².